The van der Waals surface area contributed by atoms with Crippen molar-refractivity contribution in [3.8, 4) is 0 Å². The van der Waals surface area contributed by atoms with Crippen molar-refractivity contribution in [1.29, 1.82) is 0 Å². The topological polar surface area (TPSA) is 83.8 Å². The van der Waals surface area contributed by atoms with Crippen LogP contribution in [0.25, 0.3) is 0 Å². The van der Waals surface area contributed by atoms with Gasteiger partial charge < -0.3 is 14.9 Å². The number of aliphatic hydroxyl groups is 2. The molecule has 5 atom stereocenters. The fraction of sp³-hybridized carbons (Fsp3) is 0.524. The van der Waals surface area contributed by atoms with Crippen LogP contribution in [0.3, 0.4) is 0 Å². The van der Waals surface area contributed by atoms with Gasteiger partial charge in [0.25, 0.3) is 0 Å². The van der Waals surface area contributed by atoms with E-state index in [-0.39, 0.29) is 24.2 Å². The minimum Gasteiger partial charge on any atom is -0.455 e. The second-order valence-electron chi connectivity index (χ2n) is 7.42. The molecule has 142 valence electrons. The van der Waals surface area contributed by atoms with Crippen LogP contribution in [-0.2, 0) is 14.3 Å². The van der Waals surface area contributed by atoms with Gasteiger partial charge in [-0.25, -0.2) is 4.79 Å². The lowest BCUT2D eigenvalue weighted by Gasteiger charge is -2.45. The summed E-state index contributed by atoms with van der Waals surface area (Å²) in [6.07, 6.45) is 11.4. The Morgan fingerprint density at radius 1 is 1.46 bits per heavy atom. The molecule has 2 N–H and O–H groups in total. The molecular formula is C21H28O5. The van der Waals surface area contributed by atoms with E-state index in [0.717, 1.165) is 5.57 Å². The van der Waals surface area contributed by atoms with E-state index in [2.05, 4.69) is 0 Å². The Labute approximate surface area is 154 Å². The zero-order valence-electron chi connectivity index (χ0n) is 15.6. The van der Waals surface area contributed by atoms with Gasteiger partial charge >= 0.3 is 5.97 Å². The highest BCUT2D eigenvalue weighted by atomic mass is 16.5. The van der Waals surface area contributed by atoms with Crippen molar-refractivity contribution in [1.82, 2.24) is 0 Å². The van der Waals surface area contributed by atoms with E-state index in [9.17, 15) is 14.7 Å². The molecule has 0 aliphatic heterocycles. The Kier molecular flexibility index (Phi) is 6.73. The van der Waals surface area contributed by atoms with E-state index in [0.29, 0.717) is 12.8 Å². The third kappa shape index (κ3) is 4.59. The van der Waals surface area contributed by atoms with Crippen LogP contribution in [0.1, 0.15) is 33.6 Å². The van der Waals surface area contributed by atoms with Crippen molar-refractivity contribution >= 4 is 11.8 Å². The summed E-state index contributed by atoms with van der Waals surface area (Å²) in [5.41, 5.74) is 0.472. The van der Waals surface area contributed by atoms with Gasteiger partial charge in [-0.1, -0.05) is 45.1 Å². The second-order valence-corrected chi connectivity index (χ2v) is 7.42. The highest BCUT2D eigenvalue weighted by Crippen LogP contribution is 2.48. The van der Waals surface area contributed by atoms with Gasteiger partial charge in [-0.3, -0.25) is 4.79 Å². The maximum absolute atomic E-state index is 12.1. The van der Waals surface area contributed by atoms with Crippen molar-refractivity contribution in [2.45, 2.75) is 45.8 Å². The lowest BCUT2D eigenvalue weighted by molar-refractivity contribution is -0.145. The molecule has 2 aliphatic carbocycles. The summed E-state index contributed by atoms with van der Waals surface area (Å²) in [5.74, 6) is -0.518. The molecule has 0 aromatic heterocycles. The number of carbonyl (C=O) groups is 2. The number of fused-ring (bicyclic) bond motifs is 1. The summed E-state index contributed by atoms with van der Waals surface area (Å²) in [6, 6.07) is 0. The predicted octanol–water partition coefficient (Wildman–Crippen LogP) is 2.50. The van der Waals surface area contributed by atoms with Gasteiger partial charge in [-0.2, -0.15) is 0 Å². The van der Waals surface area contributed by atoms with Gasteiger partial charge in [-0.15, -0.1) is 0 Å². The summed E-state index contributed by atoms with van der Waals surface area (Å²) in [7, 11) is 0. The highest BCUT2D eigenvalue weighted by Gasteiger charge is 2.46. The zero-order chi connectivity index (χ0) is 19.3. The van der Waals surface area contributed by atoms with Crippen molar-refractivity contribution in [2.75, 3.05) is 6.61 Å². The van der Waals surface area contributed by atoms with Gasteiger partial charge in [0.2, 0.25) is 0 Å². The molecule has 0 heterocycles. The van der Waals surface area contributed by atoms with Gasteiger partial charge in [0.15, 0.2) is 5.78 Å². The van der Waals surface area contributed by atoms with Crippen molar-refractivity contribution in [3.05, 3.63) is 48.1 Å². The fourth-order valence-electron chi connectivity index (χ4n) is 3.45. The largest absolute Gasteiger partial charge is 0.455 e. The first kappa shape index (κ1) is 20.3. The minimum absolute atomic E-state index is 0.0565. The normalized spacial score (nSPS) is 32.6. The first-order valence-electron chi connectivity index (χ1n) is 9.06. The van der Waals surface area contributed by atoms with Crippen LogP contribution >= 0.6 is 0 Å². The quantitative estimate of drug-likeness (QED) is 0.432. The van der Waals surface area contributed by atoms with Crippen LogP contribution < -0.4 is 0 Å². The first-order chi connectivity index (χ1) is 12.3. The van der Waals surface area contributed by atoms with Gasteiger partial charge in [-0.05, 0) is 36.5 Å². The van der Waals surface area contributed by atoms with Gasteiger partial charge in [0.05, 0.1) is 0 Å². The molecule has 0 radical (unpaired) electrons. The molecule has 0 saturated heterocycles. The summed E-state index contributed by atoms with van der Waals surface area (Å²) >= 11 is 0. The maximum atomic E-state index is 12.1. The number of allylic oxidation sites excluding steroid dienone is 5. The predicted molar refractivity (Wildman–Crippen MR) is 99.2 cm³/mol. The number of esters is 1. The number of aliphatic hydroxyl groups excluding tert-OH is 2. The molecule has 0 fully saturated rings. The lowest BCUT2D eigenvalue weighted by atomic mass is 9.61. The fourth-order valence-corrected chi connectivity index (χ4v) is 3.45. The van der Waals surface area contributed by atoms with E-state index in [1.807, 2.05) is 32.9 Å². The van der Waals surface area contributed by atoms with Crippen molar-refractivity contribution < 1.29 is 24.5 Å². The molecule has 0 bridgehead atoms. The minimum atomic E-state index is -1.00. The lowest BCUT2D eigenvalue weighted by Crippen LogP contribution is -2.45. The number of hydrogen-bond donors (Lipinski definition) is 2. The van der Waals surface area contributed by atoms with Gasteiger partial charge in [0, 0.05) is 24.0 Å². The molecule has 0 amide bonds. The van der Waals surface area contributed by atoms with Crippen molar-refractivity contribution in [3.63, 3.8) is 0 Å². The third-order valence-electron chi connectivity index (χ3n) is 5.49. The summed E-state index contributed by atoms with van der Waals surface area (Å²) in [5, 5.41) is 18.8. The molecule has 0 aromatic rings. The van der Waals surface area contributed by atoms with E-state index in [1.165, 1.54) is 12.2 Å². The Bertz CT molecular complexity index is 657. The smallest absolute Gasteiger partial charge is 0.331 e. The molecule has 2 aliphatic rings. The average molecular weight is 360 g/mol. The van der Waals surface area contributed by atoms with Crippen LogP contribution in [0.2, 0.25) is 0 Å². The van der Waals surface area contributed by atoms with Gasteiger partial charge in [0.1, 0.15) is 12.2 Å². The van der Waals surface area contributed by atoms with E-state index < -0.39 is 23.6 Å². The van der Waals surface area contributed by atoms with E-state index in [4.69, 9.17) is 9.84 Å². The number of rotatable bonds is 6. The van der Waals surface area contributed by atoms with E-state index >= 15 is 0 Å². The van der Waals surface area contributed by atoms with Crippen LogP contribution in [0.15, 0.2) is 48.1 Å². The molecular weight excluding hydrogens is 332 g/mol. The van der Waals surface area contributed by atoms with Crippen LogP contribution in [0.5, 0.6) is 0 Å². The molecule has 1 unspecified atom stereocenters. The number of ketones is 1. The van der Waals surface area contributed by atoms with E-state index in [1.54, 1.807) is 18.2 Å². The van der Waals surface area contributed by atoms with Crippen LogP contribution in [-0.4, -0.2) is 40.8 Å². The number of carbonyl (C=O) groups excluding carboxylic acids is 2. The zero-order valence-corrected chi connectivity index (χ0v) is 15.6. The molecule has 0 aromatic carbocycles. The molecule has 26 heavy (non-hydrogen) atoms. The van der Waals surface area contributed by atoms with Crippen LogP contribution in [0.4, 0.5) is 0 Å². The first-order valence-corrected chi connectivity index (χ1v) is 9.06. The molecule has 5 heteroatoms. The van der Waals surface area contributed by atoms with Crippen LogP contribution in [0, 0.1) is 17.3 Å². The molecule has 0 spiro atoms. The monoisotopic (exact) mass is 360 g/mol. The second kappa shape index (κ2) is 8.60. The summed E-state index contributed by atoms with van der Waals surface area (Å²) in [6.45, 7) is 6.09. The Morgan fingerprint density at radius 3 is 2.88 bits per heavy atom. The standard InChI is InChI=1S/C21H28O5/c1-14(10-11-22)6-4-5-7-20(25)26-19-9-8-16-12-17(23)18(24)13-21(16,3)15(19)2/h4-9,12,14-15,18-19,22,24H,10-11,13H2,1-3H3/b6-4+,7-5+/t14?,15-,18-,19-,21+/m0/s1. The maximum Gasteiger partial charge on any atom is 0.331 e. The Morgan fingerprint density at radius 2 is 2.19 bits per heavy atom. The molecule has 5 nitrogen and oxygen atoms in total. The average Bonchev–Trinajstić information content (AvgIpc) is 2.58. The summed E-state index contributed by atoms with van der Waals surface area (Å²) in [4.78, 5) is 23.8. The SMILES string of the molecule is CC(/C=C/C=C/C(=O)O[C@H]1C=CC2=CC(=O)[C@@H](O)C[C@]2(C)[C@H]1C)CCO. The Balaban J connectivity index is 2.00. The third-order valence-corrected chi connectivity index (χ3v) is 5.49. The summed E-state index contributed by atoms with van der Waals surface area (Å²) < 4.78 is 5.55. The number of ether oxygens (including phenoxy) is 1. The Hall–Kier alpha value is -1.98. The highest BCUT2D eigenvalue weighted by molar-refractivity contribution is 5.96. The molecule has 2 rings (SSSR count). The van der Waals surface area contributed by atoms with Crippen molar-refractivity contribution in [2.24, 2.45) is 17.3 Å². The molecule has 0 saturated carbocycles. The number of hydrogen-bond acceptors (Lipinski definition) is 5.